The van der Waals surface area contributed by atoms with Gasteiger partial charge in [0.1, 0.15) is 5.82 Å². The fourth-order valence-corrected chi connectivity index (χ4v) is 2.97. The Morgan fingerprint density at radius 3 is 2.18 bits per heavy atom. The molecule has 0 nitrogen and oxygen atoms in total. The highest BCUT2D eigenvalue weighted by molar-refractivity contribution is 5.26. The van der Waals surface area contributed by atoms with Gasteiger partial charge in [0.25, 0.3) is 0 Å². The molecule has 0 saturated carbocycles. The van der Waals surface area contributed by atoms with Gasteiger partial charge in [-0.25, -0.2) is 4.39 Å². The summed E-state index contributed by atoms with van der Waals surface area (Å²) in [6.45, 7) is 8.90. The molecule has 0 bridgehead atoms. The van der Waals surface area contributed by atoms with Gasteiger partial charge in [0.05, 0.1) is 0 Å². The van der Waals surface area contributed by atoms with Gasteiger partial charge in [-0.1, -0.05) is 70.2 Å². The summed E-state index contributed by atoms with van der Waals surface area (Å²) in [6.07, 6.45) is 2.88. The Kier molecular flexibility index (Phi) is 5.39. The third-order valence-electron chi connectivity index (χ3n) is 4.47. The van der Waals surface area contributed by atoms with Gasteiger partial charge in [-0.3, -0.25) is 0 Å². The highest BCUT2D eigenvalue weighted by Crippen LogP contribution is 2.28. The predicted molar refractivity (Wildman–Crippen MR) is 92.7 cm³/mol. The number of hydrogen-bond donors (Lipinski definition) is 0. The SMILES string of the molecule is CCC(C)c1ccc(CC(C)(C)Cc2ccccc2F)cc1. The summed E-state index contributed by atoms with van der Waals surface area (Å²) < 4.78 is 13.8. The van der Waals surface area contributed by atoms with Crippen molar-refractivity contribution in [3.8, 4) is 0 Å². The van der Waals surface area contributed by atoms with Crippen molar-refractivity contribution in [2.45, 2.75) is 52.9 Å². The van der Waals surface area contributed by atoms with Crippen LogP contribution in [0.25, 0.3) is 0 Å². The zero-order chi connectivity index (χ0) is 16.2. The topological polar surface area (TPSA) is 0 Å². The molecule has 0 aliphatic carbocycles. The first-order valence-corrected chi connectivity index (χ1v) is 8.23. The van der Waals surface area contributed by atoms with Gasteiger partial charge in [0.2, 0.25) is 0 Å². The number of rotatable bonds is 6. The molecule has 0 aliphatic rings. The van der Waals surface area contributed by atoms with E-state index >= 15 is 0 Å². The second kappa shape index (κ2) is 7.09. The van der Waals surface area contributed by atoms with E-state index in [2.05, 4.69) is 52.0 Å². The Hall–Kier alpha value is -1.63. The van der Waals surface area contributed by atoms with E-state index in [4.69, 9.17) is 0 Å². The summed E-state index contributed by atoms with van der Waals surface area (Å²) in [5, 5.41) is 0. The van der Waals surface area contributed by atoms with Crippen molar-refractivity contribution in [1.29, 1.82) is 0 Å². The molecular weight excluding hydrogens is 271 g/mol. The Balaban J connectivity index is 2.07. The maximum Gasteiger partial charge on any atom is 0.126 e. The number of halogens is 1. The molecule has 1 atom stereocenters. The summed E-state index contributed by atoms with van der Waals surface area (Å²) >= 11 is 0. The van der Waals surface area contributed by atoms with Crippen molar-refractivity contribution in [1.82, 2.24) is 0 Å². The van der Waals surface area contributed by atoms with Crippen molar-refractivity contribution in [2.75, 3.05) is 0 Å². The molecule has 2 aromatic rings. The molecule has 0 fully saturated rings. The fraction of sp³-hybridized carbons (Fsp3) is 0.429. The van der Waals surface area contributed by atoms with Gasteiger partial charge in [0.15, 0.2) is 0 Å². The van der Waals surface area contributed by atoms with E-state index in [-0.39, 0.29) is 11.2 Å². The molecule has 0 aliphatic heterocycles. The Morgan fingerprint density at radius 2 is 1.59 bits per heavy atom. The minimum Gasteiger partial charge on any atom is -0.207 e. The van der Waals surface area contributed by atoms with Crippen LogP contribution in [0.2, 0.25) is 0 Å². The van der Waals surface area contributed by atoms with Crippen LogP contribution in [0, 0.1) is 11.2 Å². The molecular formula is C21H27F. The molecule has 1 heteroatoms. The van der Waals surface area contributed by atoms with E-state index in [0.717, 1.165) is 24.8 Å². The third-order valence-corrected chi connectivity index (χ3v) is 4.47. The van der Waals surface area contributed by atoms with Crippen molar-refractivity contribution in [3.63, 3.8) is 0 Å². The summed E-state index contributed by atoms with van der Waals surface area (Å²) in [6, 6.07) is 16.0. The average molecular weight is 298 g/mol. The molecule has 0 amide bonds. The summed E-state index contributed by atoms with van der Waals surface area (Å²) in [5.41, 5.74) is 3.58. The quantitative estimate of drug-likeness (QED) is 0.600. The number of hydrogen-bond acceptors (Lipinski definition) is 0. The minimum atomic E-state index is -0.0947. The van der Waals surface area contributed by atoms with E-state index in [1.165, 1.54) is 11.1 Å². The minimum absolute atomic E-state index is 0.0417. The summed E-state index contributed by atoms with van der Waals surface area (Å²) in [4.78, 5) is 0. The van der Waals surface area contributed by atoms with E-state index in [1.54, 1.807) is 12.1 Å². The molecule has 0 radical (unpaired) electrons. The van der Waals surface area contributed by atoms with Gasteiger partial charge in [-0.2, -0.15) is 0 Å². The molecule has 2 rings (SSSR count). The van der Waals surface area contributed by atoms with Gasteiger partial charge < -0.3 is 0 Å². The maximum absolute atomic E-state index is 13.8. The lowest BCUT2D eigenvalue weighted by molar-refractivity contribution is 0.354. The zero-order valence-corrected chi connectivity index (χ0v) is 14.2. The second-order valence-corrected chi connectivity index (χ2v) is 7.16. The first-order chi connectivity index (χ1) is 10.4. The van der Waals surface area contributed by atoms with Gasteiger partial charge in [-0.15, -0.1) is 0 Å². The second-order valence-electron chi connectivity index (χ2n) is 7.16. The van der Waals surface area contributed by atoms with Gasteiger partial charge in [0, 0.05) is 0 Å². The predicted octanol–water partition coefficient (Wildman–Crippen LogP) is 6.15. The van der Waals surface area contributed by atoms with Crippen LogP contribution < -0.4 is 0 Å². The molecule has 118 valence electrons. The molecule has 0 N–H and O–H groups in total. The van der Waals surface area contributed by atoms with Crippen LogP contribution in [0.3, 0.4) is 0 Å². The lowest BCUT2D eigenvalue weighted by atomic mass is 9.80. The van der Waals surface area contributed by atoms with Crippen molar-refractivity contribution in [3.05, 3.63) is 71.0 Å². The molecule has 0 aromatic heterocycles. The molecule has 2 aromatic carbocycles. The molecule has 0 saturated heterocycles. The van der Waals surface area contributed by atoms with Crippen molar-refractivity contribution in [2.24, 2.45) is 5.41 Å². The fourth-order valence-electron chi connectivity index (χ4n) is 2.97. The van der Waals surface area contributed by atoms with Crippen LogP contribution in [-0.2, 0) is 12.8 Å². The normalized spacial score (nSPS) is 13.1. The van der Waals surface area contributed by atoms with Crippen LogP contribution in [0.5, 0.6) is 0 Å². The lowest BCUT2D eigenvalue weighted by Gasteiger charge is -2.25. The van der Waals surface area contributed by atoms with Crippen LogP contribution >= 0.6 is 0 Å². The lowest BCUT2D eigenvalue weighted by Crippen LogP contribution is -2.19. The first kappa shape index (κ1) is 16.7. The number of benzene rings is 2. The van der Waals surface area contributed by atoms with Crippen LogP contribution in [0.15, 0.2) is 48.5 Å². The average Bonchev–Trinajstić information content (AvgIpc) is 2.49. The van der Waals surface area contributed by atoms with E-state index < -0.39 is 0 Å². The Bertz CT molecular complexity index is 596. The Labute approximate surface area is 134 Å². The highest BCUT2D eigenvalue weighted by atomic mass is 19.1. The zero-order valence-electron chi connectivity index (χ0n) is 14.2. The van der Waals surface area contributed by atoms with E-state index in [9.17, 15) is 4.39 Å². The summed E-state index contributed by atoms with van der Waals surface area (Å²) in [7, 11) is 0. The van der Waals surface area contributed by atoms with E-state index in [0.29, 0.717) is 5.92 Å². The molecule has 1 unspecified atom stereocenters. The van der Waals surface area contributed by atoms with Gasteiger partial charge >= 0.3 is 0 Å². The summed E-state index contributed by atoms with van der Waals surface area (Å²) in [5.74, 6) is 0.517. The smallest absolute Gasteiger partial charge is 0.126 e. The third kappa shape index (κ3) is 4.43. The van der Waals surface area contributed by atoms with Gasteiger partial charge in [-0.05, 0) is 53.4 Å². The van der Waals surface area contributed by atoms with Crippen LogP contribution in [0.1, 0.15) is 56.7 Å². The van der Waals surface area contributed by atoms with Crippen molar-refractivity contribution >= 4 is 0 Å². The maximum atomic E-state index is 13.8. The standard InChI is InChI=1S/C21H27F/c1-5-16(2)18-12-10-17(11-13-18)14-21(3,4)15-19-8-6-7-9-20(19)22/h6-13,16H,5,14-15H2,1-4H3. The van der Waals surface area contributed by atoms with E-state index in [1.807, 2.05) is 12.1 Å². The Morgan fingerprint density at radius 1 is 0.955 bits per heavy atom. The van der Waals surface area contributed by atoms with Crippen LogP contribution in [0.4, 0.5) is 4.39 Å². The largest absolute Gasteiger partial charge is 0.207 e. The monoisotopic (exact) mass is 298 g/mol. The molecule has 22 heavy (non-hydrogen) atoms. The van der Waals surface area contributed by atoms with Crippen molar-refractivity contribution < 1.29 is 4.39 Å². The van der Waals surface area contributed by atoms with Crippen LogP contribution in [-0.4, -0.2) is 0 Å². The molecule has 0 heterocycles. The highest BCUT2D eigenvalue weighted by Gasteiger charge is 2.21. The molecule has 0 spiro atoms. The first-order valence-electron chi connectivity index (χ1n) is 8.23.